The molecule has 0 spiro atoms. The van der Waals surface area contributed by atoms with Crippen molar-refractivity contribution < 1.29 is 5.11 Å². The molecule has 0 radical (unpaired) electrons. The van der Waals surface area contributed by atoms with E-state index in [4.69, 9.17) is 0 Å². The molecular weight excluding hydrogens is 202 g/mol. The van der Waals surface area contributed by atoms with Gasteiger partial charge in [-0.1, -0.05) is 0 Å². The van der Waals surface area contributed by atoms with Gasteiger partial charge in [-0.05, 0) is 26.0 Å². The zero-order valence-electron chi connectivity index (χ0n) is 9.67. The Morgan fingerprint density at radius 3 is 2.94 bits per heavy atom. The Bertz CT molecular complexity index is 456. The van der Waals surface area contributed by atoms with Crippen LogP contribution in [0, 0.1) is 0 Å². The molecule has 1 atom stereocenters. The van der Waals surface area contributed by atoms with E-state index in [0.29, 0.717) is 0 Å². The molecule has 0 saturated carbocycles. The summed E-state index contributed by atoms with van der Waals surface area (Å²) in [6.45, 7) is 5.54. The molecule has 4 nitrogen and oxygen atoms in total. The zero-order chi connectivity index (χ0) is 11.5. The molecule has 2 aromatic heterocycles. The van der Waals surface area contributed by atoms with Gasteiger partial charge in [0.05, 0.1) is 24.7 Å². The molecular formula is C12H17N3O. The molecule has 0 aliphatic carbocycles. The molecule has 0 aromatic carbocycles. The molecule has 0 aliphatic heterocycles. The summed E-state index contributed by atoms with van der Waals surface area (Å²) in [5.41, 5.74) is 2.09. The van der Waals surface area contributed by atoms with E-state index in [1.807, 2.05) is 35.4 Å². The summed E-state index contributed by atoms with van der Waals surface area (Å²) in [7, 11) is 0. The van der Waals surface area contributed by atoms with Gasteiger partial charge >= 0.3 is 0 Å². The van der Waals surface area contributed by atoms with Crippen molar-refractivity contribution in [3.05, 3.63) is 42.2 Å². The molecule has 0 bridgehead atoms. The lowest BCUT2D eigenvalue weighted by molar-refractivity contribution is 0.189. The quantitative estimate of drug-likeness (QED) is 0.852. The predicted octanol–water partition coefficient (Wildman–Crippen LogP) is 1.81. The van der Waals surface area contributed by atoms with Crippen LogP contribution >= 0.6 is 0 Å². The Morgan fingerprint density at radius 1 is 1.44 bits per heavy atom. The molecule has 1 unspecified atom stereocenters. The maximum absolute atomic E-state index is 9.61. The molecule has 16 heavy (non-hydrogen) atoms. The van der Waals surface area contributed by atoms with Gasteiger partial charge < -0.3 is 14.2 Å². The molecule has 0 fully saturated rings. The highest BCUT2D eigenvalue weighted by atomic mass is 16.3. The normalized spacial score (nSPS) is 12.9. The Morgan fingerprint density at radius 2 is 2.25 bits per heavy atom. The number of aliphatic hydroxyl groups is 1. The number of imidazole rings is 1. The SMILES string of the molecule is CCn1cncc1Cn1cccc1C(C)O. The van der Waals surface area contributed by atoms with Crippen LogP contribution in [0.2, 0.25) is 0 Å². The number of aryl methyl sites for hydroxylation is 1. The lowest BCUT2D eigenvalue weighted by atomic mass is 10.3. The number of nitrogens with zero attached hydrogens (tertiary/aromatic N) is 3. The molecule has 1 N–H and O–H groups in total. The van der Waals surface area contributed by atoms with Crippen molar-refractivity contribution in [1.29, 1.82) is 0 Å². The second kappa shape index (κ2) is 4.53. The first-order valence-electron chi connectivity index (χ1n) is 5.54. The molecule has 2 heterocycles. The maximum atomic E-state index is 9.61. The van der Waals surface area contributed by atoms with Crippen LogP contribution < -0.4 is 0 Å². The molecule has 4 heteroatoms. The smallest absolute Gasteiger partial charge is 0.0948 e. The van der Waals surface area contributed by atoms with Gasteiger partial charge in [0.15, 0.2) is 0 Å². The van der Waals surface area contributed by atoms with Gasteiger partial charge in [-0.15, -0.1) is 0 Å². The zero-order valence-corrected chi connectivity index (χ0v) is 9.67. The molecule has 0 aliphatic rings. The number of hydrogen-bond donors (Lipinski definition) is 1. The maximum Gasteiger partial charge on any atom is 0.0948 e. The van der Waals surface area contributed by atoms with Crippen molar-refractivity contribution in [3.63, 3.8) is 0 Å². The number of aliphatic hydroxyl groups excluding tert-OH is 1. The van der Waals surface area contributed by atoms with Crippen molar-refractivity contribution in [3.8, 4) is 0 Å². The minimum Gasteiger partial charge on any atom is -0.387 e. The van der Waals surface area contributed by atoms with Crippen LogP contribution in [0.25, 0.3) is 0 Å². The predicted molar refractivity (Wildman–Crippen MR) is 62.1 cm³/mol. The summed E-state index contributed by atoms with van der Waals surface area (Å²) in [4.78, 5) is 4.14. The number of hydrogen-bond acceptors (Lipinski definition) is 2. The van der Waals surface area contributed by atoms with Crippen molar-refractivity contribution in [2.24, 2.45) is 0 Å². The van der Waals surface area contributed by atoms with Crippen LogP contribution in [0.5, 0.6) is 0 Å². The lowest BCUT2D eigenvalue weighted by Gasteiger charge is -2.12. The van der Waals surface area contributed by atoms with Crippen molar-refractivity contribution in [2.75, 3.05) is 0 Å². The van der Waals surface area contributed by atoms with Crippen molar-refractivity contribution >= 4 is 0 Å². The van der Waals surface area contributed by atoms with Crippen LogP contribution in [0.1, 0.15) is 31.3 Å². The van der Waals surface area contributed by atoms with Crippen LogP contribution in [-0.4, -0.2) is 19.2 Å². The molecule has 0 saturated heterocycles. The van der Waals surface area contributed by atoms with E-state index in [1.165, 1.54) is 0 Å². The Balaban J connectivity index is 2.23. The summed E-state index contributed by atoms with van der Waals surface area (Å²) in [5, 5.41) is 9.61. The first-order valence-corrected chi connectivity index (χ1v) is 5.54. The summed E-state index contributed by atoms with van der Waals surface area (Å²) in [6.07, 6.45) is 5.25. The van der Waals surface area contributed by atoms with E-state index >= 15 is 0 Å². The van der Waals surface area contributed by atoms with Crippen LogP contribution in [0.15, 0.2) is 30.9 Å². The minimum absolute atomic E-state index is 0.437. The van der Waals surface area contributed by atoms with E-state index < -0.39 is 6.10 Å². The van der Waals surface area contributed by atoms with Gasteiger partial charge in [-0.3, -0.25) is 0 Å². The van der Waals surface area contributed by atoms with Gasteiger partial charge in [0.1, 0.15) is 0 Å². The third kappa shape index (κ3) is 2.02. The van der Waals surface area contributed by atoms with Crippen molar-refractivity contribution in [2.45, 2.75) is 33.0 Å². The largest absolute Gasteiger partial charge is 0.387 e. The fraction of sp³-hybridized carbons (Fsp3) is 0.417. The molecule has 2 rings (SSSR count). The van der Waals surface area contributed by atoms with Crippen LogP contribution in [0.4, 0.5) is 0 Å². The van der Waals surface area contributed by atoms with E-state index in [2.05, 4.69) is 16.5 Å². The van der Waals surface area contributed by atoms with Gasteiger partial charge in [0.25, 0.3) is 0 Å². The van der Waals surface area contributed by atoms with Crippen LogP contribution in [0.3, 0.4) is 0 Å². The highest BCUT2D eigenvalue weighted by Crippen LogP contribution is 2.14. The molecule has 86 valence electrons. The number of rotatable bonds is 4. The highest BCUT2D eigenvalue weighted by Gasteiger charge is 2.08. The van der Waals surface area contributed by atoms with Gasteiger partial charge in [-0.2, -0.15) is 0 Å². The molecule has 2 aromatic rings. The molecule has 0 amide bonds. The van der Waals surface area contributed by atoms with Gasteiger partial charge in [0.2, 0.25) is 0 Å². The Labute approximate surface area is 95.2 Å². The summed E-state index contributed by atoms with van der Waals surface area (Å²) < 4.78 is 4.15. The fourth-order valence-corrected chi connectivity index (χ4v) is 1.89. The summed E-state index contributed by atoms with van der Waals surface area (Å²) >= 11 is 0. The third-order valence-electron chi connectivity index (χ3n) is 2.76. The van der Waals surface area contributed by atoms with E-state index in [9.17, 15) is 5.11 Å². The average Bonchev–Trinajstić information content (AvgIpc) is 2.86. The van der Waals surface area contributed by atoms with Crippen LogP contribution in [-0.2, 0) is 13.1 Å². The standard InChI is InChI=1S/C12H17N3O/c1-3-14-9-13-7-11(14)8-15-6-4-5-12(15)10(2)16/h4-7,9-10,16H,3,8H2,1-2H3. The van der Waals surface area contributed by atoms with Gasteiger partial charge in [0, 0.05) is 24.6 Å². The van der Waals surface area contributed by atoms with E-state index in [0.717, 1.165) is 24.5 Å². The highest BCUT2D eigenvalue weighted by molar-refractivity contribution is 5.12. The van der Waals surface area contributed by atoms with E-state index in [-0.39, 0.29) is 0 Å². The summed E-state index contributed by atoms with van der Waals surface area (Å²) in [6, 6.07) is 3.89. The van der Waals surface area contributed by atoms with Crippen molar-refractivity contribution in [1.82, 2.24) is 14.1 Å². The fourth-order valence-electron chi connectivity index (χ4n) is 1.89. The monoisotopic (exact) mass is 219 g/mol. The Kier molecular flexibility index (Phi) is 3.10. The minimum atomic E-state index is -0.437. The first-order chi connectivity index (χ1) is 7.72. The second-order valence-electron chi connectivity index (χ2n) is 3.91. The Hall–Kier alpha value is -1.55. The number of aromatic nitrogens is 3. The first kappa shape index (κ1) is 11.0. The lowest BCUT2D eigenvalue weighted by Crippen LogP contribution is -2.09. The third-order valence-corrected chi connectivity index (χ3v) is 2.76. The van der Waals surface area contributed by atoms with Gasteiger partial charge in [-0.25, -0.2) is 4.98 Å². The second-order valence-corrected chi connectivity index (χ2v) is 3.91. The topological polar surface area (TPSA) is 43.0 Å². The van der Waals surface area contributed by atoms with E-state index in [1.54, 1.807) is 6.92 Å². The summed E-state index contributed by atoms with van der Waals surface area (Å²) in [5.74, 6) is 0. The average molecular weight is 219 g/mol.